The molecule has 5 rings (SSSR count). The number of halogens is 2. The summed E-state index contributed by atoms with van der Waals surface area (Å²) in [6, 6.07) is 13.8. The number of fused-ring (bicyclic) bond motifs is 2. The molecule has 0 aliphatic heterocycles. The van der Waals surface area contributed by atoms with Gasteiger partial charge >= 0.3 is 11.3 Å². The predicted octanol–water partition coefficient (Wildman–Crippen LogP) is 6.01. The Balaban J connectivity index is 1.91. The maximum absolute atomic E-state index is 14.1. The standard InChI is InChI=1S/C27H18BrFO6/c1-12-3-6-15-19(9-12)34-26(32)22(24(15)30)21(14-5-8-18(29)17(28)11-14)23-25(31)16-7-4-13(2)10-20(16)35-27(23)33/h3-11,21,30-31H,1-2H3. The number of aryl methyl sites for hydroxylation is 2. The molecule has 176 valence electrons. The smallest absolute Gasteiger partial charge is 0.344 e. The van der Waals surface area contributed by atoms with Gasteiger partial charge in [0.25, 0.3) is 0 Å². The number of benzene rings is 3. The summed E-state index contributed by atoms with van der Waals surface area (Å²) >= 11 is 3.13. The van der Waals surface area contributed by atoms with Crippen LogP contribution in [0.4, 0.5) is 4.39 Å². The molecule has 0 unspecified atom stereocenters. The van der Waals surface area contributed by atoms with E-state index in [4.69, 9.17) is 8.83 Å². The van der Waals surface area contributed by atoms with E-state index in [-0.39, 0.29) is 43.1 Å². The fourth-order valence-electron chi connectivity index (χ4n) is 4.29. The van der Waals surface area contributed by atoms with Gasteiger partial charge in [-0.25, -0.2) is 14.0 Å². The maximum Gasteiger partial charge on any atom is 0.344 e. The SMILES string of the molecule is Cc1ccc2c(O)c(C(c3ccc(F)c(Br)c3)c3c(O)c4ccc(C)cc4oc3=O)c(=O)oc2c1. The minimum absolute atomic E-state index is 0.0700. The van der Waals surface area contributed by atoms with Crippen molar-refractivity contribution in [2.24, 2.45) is 0 Å². The maximum atomic E-state index is 14.1. The predicted molar refractivity (Wildman–Crippen MR) is 133 cm³/mol. The lowest BCUT2D eigenvalue weighted by Gasteiger charge is -2.20. The lowest BCUT2D eigenvalue weighted by molar-refractivity contribution is 0.441. The molecular formula is C27H18BrFO6. The van der Waals surface area contributed by atoms with Crippen LogP contribution in [0.3, 0.4) is 0 Å². The third kappa shape index (κ3) is 3.80. The van der Waals surface area contributed by atoms with Crippen molar-refractivity contribution in [2.45, 2.75) is 19.8 Å². The van der Waals surface area contributed by atoms with E-state index < -0.39 is 34.5 Å². The third-order valence-electron chi connectivity index (χ3n) is 5.99. The molecule has 0 saturated heterocycles. The fourth-order valence-corrected chi connectivity index (χ4v) is 4.69. The Labute approximate surface area is 206 Å². The Morgan fingerprint density at radius 2 is 1.26 bits per heavy atom. The molecular weight excluding hydrogens is 519 g/mol. The number of aromatic hydroxyl groups is 2. The molecule has 0 radical (unpaired) electrons. The zero-order chi connectivity index (χ0) is 25.0. The van der Waals surface area contributed by atoms with Crippen LogP contribution in [-0.2, 0) is 0 Å². The molecule has 0 fully saturated rings. The second-order valence-electron chi connectivity index (χ2n) is 8.41. The molecule has 6 nitrogen and oxygen atoms in total. The zero-order valence-corrected chi connectivity index (χ0v) is 20.1. The largest absolute Gasteiger partial charge is 0.507 e. The van der Waals surface area contributed by atoms with Gasteiger partial charge in [-0.1, -0.05) is 18.2 Å². The van der Waals surface area contributed by atoms with Crippen LogP contribution >= 0.6 is 15.9 Å². The highest BCUT2D eigenvalue weighted by atomic mass is 79.9. The van der Waals surface area contributed by atoms with Crippen LogP contribution in [0.2, 0.25) is 0 Å². The Kier molecular flexibility index (Phi) is 5.48. The van der Waals surface area contributed by atoms with Gasteiger partial charge in [0, 0.05) is 0 Å². The Bertz CT molecular complexity index is 1660. The van der Waals surface area contributed by atoms with Crippen LogP contribution in [0.5, 0.6) is 11.5 Å². The van der Waals surface area contributed by atoms with Crippen molar-refractivity contribution in [3.05, 3.63) is 114 Å². The third-order valence-corrected chi connectivity index (χ3v) is 6.60. The molecule has 0 saturated carbocycles. The molecule has 2 heterocycles. The van der Waals surface area contributed by atoms with Gasteiger partial charge < -0.3 is 19.0 Å². The summed E-state index contributed by atoms with van der Waals surface area (Å²) in [5, 5.41) is 22.9. The van der Waals surface area contributed by atoms with Crippen LogP contribution in [-0.4, -0.2) is 10.2 Å². The Morgan fingerprint density at radius 3 is 1.71 bits per heavy atom. The topological polar surface area (TPSA) is 101 Å². The first-order valence-electron chi connectivity index (χ1n) is 10.6. The summed E-state index contributed by atoms with van der Waals surface area (Å²) in [5.74, 6) is -2.72. The monoisotopic (exact) mass is 536 g/mol. The highest BCUT2D eigenvalue weighted by molar-refractivity contribution is 9.10. The summed E-state index contributed by atoms with van der Waals surface area (Å²) in [7, 11) is 0. The van der Waals surface area contributed by atoms with Gasteiger partial charge in [-0.15, -0.1) is 0 Å². The van der Waals surface area contributed by atoms with Crippen molar-refractivity contribution in [2.75, 3.05) is 0 Å². The number of rotatable bonds is 3. The Hall–Kier alpha value is -3.91. The van der Waals surface area contributed by atoms with E-state index in [2.05, 4.69) is 15.9 Å². The van der Waals surface area contributed by atoms with E-state index in [0.29, 0.717) is 0 Å². The molecule has 5 aromatic rings. The average Bonchev–Trinajstić information content (AvgIpc) is 2.79. The van der Waals surface area contributed by atoms with E-state index in [1.54, 1.807) is 36.4 Å². The molecule has 8 heteroatoms. The van der Waals surface area contributed by atoms with E-state index in [1.807, 2.05) is 13.8 Å². The van der Waals surface area contributed by atoms with Crippen LogP contribution in [0.1, 0.15) is 33.7 Å². The van der Waals surface area contributed by atoms with Crippen molar-refractivity contribution in [3.8, 4) is 11.5 Å². The Morgan fingerprint density at radius 1 is 0.771 bits per heavy atom. The molecule has 2 aromatic heterocycles. The van der Waals surface area contributed by atoms with Gasteiger partial charge in [-0.2, -0.15) is 0 Å². The van der Waals surface area contributed by atoms with Crippen LogP contribution in [0, 0.1) is 19.7 Å². The molecule has 0 bridgehead atoms. The summed E-state index contributed by atoms with van der Waals surface area (Å²) in [6.07, 6.45) is 0. The van der Waals surface area contributed by atoms with E-state index in [9.17, 15) is 24.2 Å². The minimum atomic E-state index is -1.32. The summed E-state index contributed by atoms with van der Waals surface area (Å²) in [5.41, 5.74) is -0.169. The highest BCUT2D eigenvalue weighted by Crippen LogP contribution is 2.42. The molecule has 35 heavy (non-hydrogen) atoms. The quantitative estimate of drug-likeness (QED) is 0.274. The van der Waals surface area contributed by atoms with Gasteiger partial charge in [0.2, 0.25) is 0 Å². The van der Waals surface area contributed by atoms with Gasteiger partial charge in [-0.05, 0) is 82.9 Å². The summed E-state index contributed by atoms with van der Waals surface area (Å²) in [6.45, 7) is 3.62. The molecule has 2 N–H and O–H groups in total. The lowest BCUT2D eigenvalue weighted by Crippen LogP contribution is -2.21. The lowest BCUT2D eigenvalue weighted by atomic mass is 9.84. The van der Waals surface area contributed by atoms with Crippen LogP contribution in [0.25, 0.3) is 21.9 Å². The first-order valence-corrected chi connectivity index (χ1v) is 11.4. The minimum Gasteiger partial charge on any atom is -0.507 e. The van der Waals surface area contributed by atoms with Gasteiger partial charge in [-0.3, -0.25) is 0 Å². The van der Waals surface area contributed by atoms with Gasteiger partial charge in [0.15, 0.2) is 0 Å². The van der Waals surface area contributed by atoms with E-state index in [1.165, 1.54) is 12.1 Å². The fraction of sp³-hybridized carbons (Fsp3) is 0.111. The second kappa shape index (κ2) is 8.39. The van der Waals surface area contributed by atoms with Crippen LogP contribution in [0.15, 0.2) is 77.5 Å². The molecule has 0 amide bonds. The van der Waals surface area contributed by atoms with Gasteiger partial charge in [0.1, 0.15) is 28.5 Å². The van der Waals surface area contributed by atoms with Crippen molar-refractivity contribution in [1.29, 1.82) is 0 Å². The molecule has 3 aromatic carbocycles. The van der Waals surface area contributed by atoms with Crippen molar-refractivity contribution >= 4 is 37.9 Å². The first-order chi connectivity index (χ1) is 16.7. The first kappa shape index (κ1) is 22.9. The summed E-state index contributed by atoms with van der Waals surface area (Å²) < 4.78 is 25.1. The van der Waals surface area contributed by atoms with Gasteiger partial charge in [0.05, 0.1) is 32.3 Å². The molecule has 0 spiro atoms. The van der Waals surface area contributed by atoms with Crippen molar-refractivity contribution in [3.63, 3.8) is 0 Å². The van der Waals surface area contributed by atoms with E-state index >= 15 is 0 Å². The number of hydrogen-bond donors (Lipinski definition) is 2. The van der Waals surface area contributed by atoms with Crippen molar-refractivity contribution in [1.82, 2.24) is 0 Å². The van der Waals surface area contributed by atoms with Crippen LogP contribution < -0.4 is 11.3 Å². The molecule has 0 aliphatic carbocycles. The normalized spacial score (nSPS) is 11.6. The molecule has 0 atom stereocenters. The average molecular weight is 537 g/mol. The zero-order valence-electron chi connectivity index (χ0n) is 18.6. The summed E-state index contributed by atoms with van der Waals surface area (Å²) in [4.78, 5) is 26.4. The van der Waals surface area contributed by atoms with Crippen molar-refractivity contribution < 1.29 is 23.4 Å². The molecule has 0 aliphatic rings. The number of hydrogen-bond acceptors (Lipinski definition) is 6. The van der Waals surface area contributed by atoms with E-state index in [0.717, 1.165) is 17.2 Å². The highest BCUT2D eigenvalue weighted by Gasteiger charge is 2.33. The second-order valence-corrected chi connectivity index (χ2v) is 9.26.